The van der Waals surface area contributed by atoms with Gasteiger partial charge in [0, 0.05) is 36.0 Å². The van der Waals surface area contributed by atoms with Crippen LogP contribution in [0.25, 0.3) is 0 Å². The molecule has 96 valence electrons. The zero-order valence-corrected chi connectivity index (χ0v) is 12.4. The summed E-state index contributed by atoms with van der Waals surface area (Å²) in [6.07, 6.45) is 5.59. The fourth-order valence-electron chi connectivity index (χ4n) is 1.72. The molecule has 3 nitrogen and oxygen atoms in total. The summed E-state index contributed by atoms with van der Waals surface area (Å²) in [6, 6.07) is 6.36. The van der Waals surface area contributed by atoms with Gasteiger partial charge in [-0.25, -0.2) is 4.98 Å². The first-order chi connectivity index (χ1) is 8.65. The van der Waals surface area contributed by atoms with Crippen molar-refractivity contribution in [1.29, 1.82) is 0 Å². The second-order valence-corrected chi connectivity index (χ2v) is 5.55. The van der Waals surface area contributed by atoms with Crippen LogP contribution in [-0.4, -0.2) is 15.6 Å². The van der Waals surface area contributed by atoms with E-state index in [0.717, 1.165) is 22.6 Å². The predicted molar refractivity (Wildman–Crippen MR) is 77.7 cm³/mol. The number of nitrogens with zero attached hydrogens (tertiary/aromatic N) is 2. The standard InChI is InChI=1S/C13H15BrClN3/c1-10(8-18-5-4-16-9-18)17-7-11-2-3-13(15)12(14)6-11/h2-6,9-10,17H,7-8H2,1H3. The highest BCUT2D eigenvalue weighted by Gasteiger charge is 2.03. The molecular weight excluding hydrogens is 314 g/mol. The molecule has 0 spiro atoms. The molecule has 1 atom stereocenters. The molecule has 0 saturated heterocycles. The third kappa shape index (κ3) is 3.83. The molecule has 0 aliphatic carbocycles. The Morgan fingerprint density at radius 2 is 2.33 bits per heavy atom. The molecule has 0 radical (unpaired) electrons. The van der Waals surface area contributed by atoms with Crippen LogP contribution in [0.15, 0.2) is 41.4 Å². The predicted octanol–water partition coefficient (Wildman–Crippen LogP) is 3.48. The zero-order chi connectivity index (χ0) is 13.0. The molecule has 5 heteroatoms. The minimum absolute atomic E-state index is 0.383. The van der Waals surface area contributed by atoms with Gasteiger partial charge in [0.15, 0.2) is 0 Å². The van der Waals surface area contributed by atoms with Crippen molar-refractivity contribution >= 4 is 27.5 Å². The van der Waals surface area contributed by atoms with Crippen LogP contribution in [0.1, 0.15) is 12.5 Å². The second-order valence-electron chi connectivity index (χ2n) is 4.29. The number of hydrogen-bond donors (Lipinski definition) is 1. The van der Waals surface area contributed by atoms with Crippen LogP contribution in [0.4, 0.5) is 0 Å². The van der Waals surface area contributed by atoms with E-state index >= 15 is 0 Å². The first-order valence-electron chi connectivity index (χ1n) is 5.78. The number of halogens is 2. The molecule has 2 aromatic rings. The summed E-state index contributed by atoms with van der Waals surface area (Å²) in [6.45, 7) is 3.89. The molecule has 1 aromatic carbocycles. The smallest absolute Gasteiger partial charge is 0.0946 e. The maximum atomic E-state index is 5.96. The largest absolute Gasteiger partial charge is 0.336 e. The maximum absolute atomic E-state index is 5.96. The molecule has 0 aliphatic rings. The third-order valence-electron chi connectivity index (χ3n) is 2.68. The van der Waals surface area contributed by atoms with Crippen molar-refractivity contribution in [3.63, 3.8) is 0 Å². The number of nitrogens with one attached hydrogen (secondary N) is 1. The second kappa shape index (κ2) is 6.36. The van der Waals surface area contributed by atoms with Gasteiger partial charge in [-0.3, -0.25) is 0 Å². The molecule has 1 N–H and O–H groups in total. The molecule has 18 heavy (non-hydrogen) atoms. The van der Waals surface area contributed by atoms with E-state index in [-0.39, 0.29) is 0 Å². The van der Waals surface area contributed by atoms with Crippen molar-refractivity contribution in [1.82, 2.24) is 14.9 Å². The molecule has 0 bridgehead atoms. The van der Waals surface area contributed by atoms with Crippen molar-refractivity contribution in [2.24, 2.45) is 0 Å². The van der Waals surface area contributed by atoms with Gasteiger partial charge in [0.1, 0.15) is 0 Å². The summed E-state index contributed by atoms with van der Waals surface area (Å²) in [5.74, 6) is 0. The highest BCUT2D eigenvalue weighted by molar-refractivity contribution is 9.10. The van der Waals surface area contributed by atoms with E-state index in [2.05, 4.69) is 37.7 Å². The number of imidazole rings is 1. The van der Waals surface area contributed by atoms with Gasteiger partial charge in [0.05, 0.1) is 11.3 Å². The van der Waals surface area contributed by atoms with E-state index in [1.54, 1.807) is 6.20 Å². The molecule has 1 aromatic heterocycles. The van der Waals surface area contributed by atoms with Gasteiger partial charge in [0.2, 0.25) is 0 Å². The van der Waals surface area contributed by atoms with Gasteiger partial charge in [-0.1, -0.05) is 17.7 Å². The van der Waals surface area contributed by atoms with E-state index in [1.807, 2.05) is 30.7 Å². The SMILES string of the molecule is CC(Cn1ccnc1)NCc1ccc(Cl)c(Br)c1. The van der Waals surface area contributed by atoms with Crippen molar-refractivity contribution in [3.05, 3.63) is 52.0 Å². The Morgan fingerprint density at radius 3 is 3.00 bits per heavy atom. The lowest BCUT2D eigenvalue weighted by molar-refractivity contribution is 0.476. The lowest BCUT2D eigenvalue weighted by Crippen LogP contribution is -2.29. The fraction of sp³-hybridized carbons (Fsp3) is 0.308. The Morgan fingerprint density at radius 1 is 1.50 bits per heavy atom. The Bertz CT molecular complexity index is 499. The zero-order valence-electron chi connectivity index (χ0n) is 10.1. The molecule has 1 unspecified atom stereocenters. The van der Waals surface area contributed by atoms with Crippen LogP contribution in [0.3, 0.4) is 0 Å². The lowest BCUT2D eigenvalue weighted by Gasteiger charge is -2.14. The maximum Gasteiger partial charge on any atom is 0.0946 e. The first-order valence-corrected chi connectivity index (χ1v) is 6.95. The van der Waals surface area contributed by atoms with Gasteiger partial charge < -0.3 is 9.88 Å². The van der Waals surface area contributed by atoms with Crippen molar-refractivity contribution < 1.29 is 0 Å². The van der Waals surface area contributed by atoms with Crippen molar-refractivity contribution in [3.8, 4) is 0 Å². The lowest BCUT2D eigenvalue weighted by atomic mass is 10.2. The van der Waals surface area contributed by atoms with E-state index < -0.39 is 0 Å². The highest BCUT2D eigenvalue weighted by atomic mass is 79.9. The number of benzene rings is 1. The summed E-state index contributed by atoms with van der Waals surface area (Å²) in [5, 5.41) is 4.21. The average Bonchev–Trinajstić information content (AvgIpc) is 2.83. The average molecular weight is 329 g/mol. The Kier molecular flexibility index (Phi) is 4.80. The van der Waals surface area contributed by atoms with E-state index in [9.17, 15) is 0 Å². The van der Waals surface area contributed by atoms with Crippen molar-refractivity contribution in [2.45, 2.75) is 26.1 Å². The van der Waals surface area contributed by atoms with Gasteiger partial charge in [-0.05, 0) is 40.5 Å². The highest BCUT2D eigenvalue weighted by Crippen LogP contribution is 2.23. The summed E-state index contributed by atoms with van der Waals surface area (Å²) in [5.41, 5.74) is 1.21. The summed E-state index contributed by atoms with van der Waals surface area (Å²) >= 11 is 9.39. The van der Waals surface area contributed by atoms with Crippen LogP contribution < -0.4 is 5.32 Å². The normalized spacial score (nSPS) is 12.6. The van der Waals surface area contributed by atoms with E-state index in [4.69, 9.17) is 11.6 Å². The summed E-state index contributed by atoms with van der Waals surface area (Å²) in [7, 11) is 0. The molecule has 0 aliphatic heterocycles. The quantitative estimate of drug-likeness (QED) is 0.910. The third-order valence-corrected chi connectivity index (χ3v) is 3.90. The van der Waals surface area contributed by atoms with E-state index in [0.29, 0.717) is 6.04 Å². The van der Waals surface area contributed by atoms with Crippen LogP contribution in [0.5, 0.6) is 0 Å². The molecular formula is C13H15BrClN3. The van der Waals surface area contributed by atoms with Crippen molar-refractivity contribution in [2.75, 3.05) is 0 Å². The minimum atomic E-state index is 0.383. The summed E-state index contributed by atoms with van der Waals surface area (Å²) in [4.78, 5) is 4.03. The fourth-order valence-corrected chi connectivity index (χ4v) is 2.26. The monoisotopic (exact) mass is 327 g/mol. The Labute approximate surface area is 120 Å². The molecule has 0 saturated carbocycles. The van der Waals surface area contributed by atoms with Gasteiger partial charge in [0.25, 0.3) is 0 Å². The topological polar surface area (TPSA) is 29.9 Å². The number of aromatic nitrogens is 2. The number of hydrogen-bond acceptors (Lipinski definition) is 2. The molecule has 0 fully saturated rings. The van der Waals surface area contributed by atoms with Gasteiger partial charge in [-0.15, -0.1) is 0 Å². The van der Waals surface area contributed by atoms with Crippen LogP contribution in [-0.2, 0) is 13.1 Å². The summed E-state index contributed by atoms with van der Waals surface area (Å²) < 4.78 is 3.00. The van der Waals surface area contributed by atoms with Gasteiger partial charge >= 0.3 is 0 Å². The molecule has 2 rings (SSSR count). The van der Waals surface area contributed by atoms with Crippen LogP contribution >= 0.6 is 27.5 Å². The molecule has 1 heterocycles. The molecule has 0 amide bonds. The first kappa shape index (κ1) is 13.6. The van der Waals surface area contributed by atoms with Crippen LogP contribution in [0, 0.1) is 0 Å². The van der Waals surface area contributed by atoms with Gasteiger partial charge in [-0.2, -0.15) is 0 Å². The Balaban J connectivity index is 1.85. The van der Waals surface area contributed by atoms with Crippen LogP contribution in [0.2, 0.25) is 5.02 Å². The number of rotatable bonds is 5. The minimum Gasteiger partial charge on any atom is -0.336 e. The van der Waals surface area contributed by atoms with E-state index in [1.165, 1.54) is 5.56 Å². The Hall–Kier alpha value is -0.840.